The minimum Gasteiger partial charge on any atom is -0.312 e. The number of nitrogens with one attached hydrogen (secondary N) is 1. The Morgan fingerprint density at radius 1 is 1.24 bits per heavy atom. The molecular weight excluding hydrogens is 306 g/mol. The second-order valence-corrected chi connectivity index (χ2v) is 8.13. The van der Waals surface area contributed by atoms with Crippen molar-refractivity contribution < 1.29 is 8.42 Å². The maximum Gasteiger partial charge on any atom is 0.215 e. The number of thioether (sulfide) groups is 1. The van der Waals surface area contributed by atoms with Crippen LogP contribution in [-0.4, -0.2) is 49.6 Å². The summed E-state index contributed by atoms with van der Waals surface area (Å²) in [7, 11) is -3.13. The standard InChI is InChI=1S/C14H19N3O2S2/c15-11-13-1-3-14(4-2-13)12-16-5-10-21(18,19)17-6-8-20-9-7-17/h1-4,16H,5-10,12H2. The van der Waals surface area contributed by atoms with Gasteiger partial charge in [-0.05, 0) is 17.7 Å². The molecular formula is C14H19N3O2S2. The van der Waals surface area contributed by atoms with Crippen LogP contribution in [0.1, 0.15) is 11.1 Å². The van der Waals surface area contributed by atoms with Gasteiger partial charge in [-0.3, -0.25) is 0 Å². The van der Waals surface area contributed by atoms with E-state index in [1.165, 1.54) is 0 Å². The van der Waals surface area contributed by atoms with Crippen molar-refractivity contribution in [2.45, 2.75) is 6.54 Å². The Hall–Kier alpha value is -1.07. The molecule has 0 amide bonds. The summed E-state index contributed by atoms with van der Waals surface area (Å²) in [5.74, 6) is 1.91. The van der Waals surface area contributed by atoms with E-state index in [9.17, 15) is 8.42 Å². The molecule has 0 atom stereocenters. The number of nitrogens with zero attached hydrogens (tertiary/aromatic N) is 2. The van der Waals surface area contributed by atoms with E-state index in [1.807, 2.05) is 12.1 Å². The molecule has 114 valence electrons. The van der Waals surface area contributed by atoms with Crippen LogP contribution in [0, 0.1) is 11.3 Å². The van der Waals surface area contributed by atoms with Gasteiger partial charge in [-0.2, -0.15) is 17.0 Å². The molecule has 1 aromatic rings. The monoisotopic (exact) mass is 325 g/mol. The topological polar surface area (TPSA) is 73.2 Å². The lowest BCUT2D eigenvalue weighted by Gasteiger charge is -2.25. The van der Waals surface area contributed by atoms with Crippen LogP contribution in [0.3, 0.4) is 0 Å². The first-order valence-electron chi connectivity index (χ1n) is 6.87. The largest absolute Gasteiger partial charge is 0.312 e. The molecule has 2 rings (SSSR count). The summed E-state index contributed by atoms with van der Waals surface area (Å²) in [4.78, 5) is 0. The van der Waals surface area contributed by atoms with Gasteiger partial charge < -0.3 is 5.32 Å². The summed E-state index contributed by atoms with van der Waals surface area (Å²) >= 11 is 1.80. The predicted octanol–water partition coefficient (Wildman–Crippen LogP) is 1.03. The molecule has 1 aliphatic rings. The van der Waals surface area contributed by atoms with Gasteiger partial charge >= 0.3 is 0 Å². The molecule has 1 heterocycles. The lowest BCUT2D eigenvalue weighted by Crippen LogP contribution is -2.41. The van der Waals surface area contributed by atoms with Crippen molar-refractivity contribution in [2.75, 3.05) is 36.9 Å². The normalized spacial score (nSPS) is 16.5. The third kappa shape index (κ3) is 5.00. The summed E-state index contributed by atoms with van der Waals surface area (Å²) in [6.07, 6.45) is 0. The molecule has 1 saturated heterocycles. The van der Waals surface area contributed by atoms with Gasteiger partial charge in [-0.15, -0.1) is 0 Å². The molecule has 0 aliphatic carbocycles. The summed E-state index contributed by atoms with van der Waals surface area (Å²) in [6, 6.07) is 9.35. The average Bonchev–Trinajstić information content (AvgIpc) is 2.53. The molecule has 0 radical (unpaired) electrons. The predicted molar refractivity (Wildman–Crippen MR) is 85.5 cm³/mol. The lowest BCUT2D eigenvalue weighted by atomic mass is 10.1. The van der Waals surface area contributed by atoms with Gasteiger partial charge in [0.05, 0.1) is 17.4 Å². The zero-order chi connectivity index (χ0) is 15.1. The van der Waals surface area contributed by atoms with Crippen molar-refractivity contribution in [3.8, 4) is 6.07 Å². The number of sulfonamides is 1. The number of hydrogen-bond donors (Lipinski definition) is 1. The highest BCUT2D eigenvalue weighted by Gasteiger charge is 2.23. The van der Waals surface area contributed by atoms with Crippen molar-refractivity contribution in [3.63, 3.8) is 0 Å². The van der Waals surface area contributed by atoms with E-state index in [0.29, 0.717) is 31.7 Å². The van der Waals surface area contributed by atoms with Crippen LogP contribution in [0.15, 0.2) is 24.3 Å². The van der Waals surface area contributed by atoms with Crippen LogP contribution in [0.2, 0.25) is 0 Å². The molecule has 0 saturated carbocycles. The first-order chi connectivity index (χ1) is 10.1. The number of rotatable bonds is 6. The number of nitriles is 1. The van der Waals surface area contributed by atoms with Crippen LogP contribution < -0.4 is 5.32 Å². The van der Waals surface area contributed by atoms with E-state index >= 15 is 0 Å². The summed E-state index contributed by atoms with van der Waals surface area (Å²) in [6.45, 7) is 2.30. The Balaban J connectivity index is 1.74. The van der Waals surface area contributed by atoms with Crippen molar-refractivity contribution in [1.29, 1.82) is 5.26 Å². The van der Waals surface area contributed by atoms with Crippen molar-refractivity contribution in [1.82, 2.24) is 9.62 Å². The van der Waals surface area contributed by atoms with Crippen LogP contribution in [-0.2, 0) is 16.6 Å². The Morgan fingerprint density at radius 3 is 2.52 bits per heavy atom. The Labute approximate surface area is 130 Å². The van der Waals surface area contributed by atoms with Gasteiger partial charge in [0.1, 0.15) is 0 Å². The minimum atomic E-state index is -3.13. The second-order valence-electron chi connectivity index (χ2n) is 4.81. The molecule has 21 heavy (non-hydrogen) atoms. The molecule has 1 N–H and O–H groups in total. The Kier molecular flexibility index (Phi) is 6.06. The van der Waals surface area contributed by atoms with E-state index in [1.54, 1.807) is 28.2 Å². The highest BCUT2D eigenvalue weighted by atomic mass is 32.2. The molecule has 0 unspecified atom stereocenters. The first-order valence-corrected chi connectivity index (χ1v) is 9.63. The highest BCUT2D eigenvalue weighted by Crippen LogP contribution is 2.13. The molecule has 1 aliphatic heterocycles. The van der Waals surface area contributed by atoms with Gasteiger partial charge in [-0.1, -0.05) is 12.1 Å². The van der Waals surface area contributed by atoms with E-state index < -0.39 is 10.0 Å². The summed E-state index contributed by atoms with van der Waals surface area (Å²) in [5, 5.41) is 11.9. The summed E-state index contributed by atoms with van der Waals surface area (Å²) < 4.78 is 25.8. The Morgan fingerprint density at radius 2 is 1.90 bits per heavy atom. The molecule has 1 aromatic carbocycles. The molecule has 0 aromatic heterocycles. The van der Waals surface area contributed by atoms with Crippen molar-refractivity contribution in [3.05, 3.63) is 35.4 Å². The smallest absolute Gasteiger partial charge is 0.215 e. The minimum absolute atomic E-state index is 0.133. The average molecular weight is 325 g/mol. The van der Waals surface area contributed by atoms with E-state index in [0.717, 1.165) is 17.1 Å². The second kappa shape index (κ2) is 7.80. The fourth-order valence-corrected chi connectivity index (χ4v) is 4.62. The van der Waals surface area contributed by atoms with E-state index in [4.69, 9.17) is 5.26 Å². The third-order valence-corrected chi connectivity index (χ3v) is 6.13. The van der Waals surface area contributed by atoms with Gasteiger partial charge in [0, 0.05) is 37.7 Å². The first kappa shape index (κ1) is 16.3. The molecule has 1 fully saturated rings. The molecule has 0 bridgehead atoms. The van der Waals surface area contributed by atoms with Crippen molar-refractivity contribution >= 4 is 21.8 Å². The van der Waals surface area contributed by atoms with Gasteiger partial charge in [0.25, 0.3) is 0 Å². The highest BCUT2D eigenvalue weighted by molar-refractivity contribution is 7.99. The molecule has 5 nitrogen and oxygen atoms in total. The quantitative estimate of drug-likeness (QED) is 0.791. The molecule has 0 spiro atoms. The van der Waals surface area contributed by atoms with Crippen LogP contribution in [0.5, 0.6) is 0 Å². The maximum atomic E-state index is 12.1. The number of hydrogen-bond acceptors (Lipinski definition) is 5. The summed E-state index contributed by atoms with van der Waals surface area (Å²) in [5.41, 5.74) is 1.67. The van der Waals surface area contributed by atoms with Gasteiger partial charge in [0.2, 0.25) is 10.0 Å². The maximum absolute atomic E-state index is 12.1. The van der Waals surface area contributed by atoms with Crippen LogP contribution in [0.25, 0.3) is 0 Å². The zero-order valence-electron chi connectivity index (χ0n) is 11.8. The van der Waals surface area contributed by atoms with Crippen LogP contribution >= 0.6 is 11.8 Å². The zero-order valence-corrected chi connectivity index (χ0v) is 13.4. The van der Waals surface area contributed by atoms with Crippen LogP contribution in [0.4, 0.5) is 0 Å². The fraction of sp³-hybridized carbons (Fsp3) is 0.500. The number of benzene rings is 1. The van der Waals surface area contributed by atoms with E-state index in [2.05, 4.69) is 11.4 Å². The third-order valence-electron chi connectivity index (χ3n) is 3.31. The van der Waals surface area contributed by atoms with Gasteiger partial charge in [0.15, 0.2) is 0 Å². The van der Waals surface area contributed by atoms with Gasteiger partial charge in [-0.25, -0.2) is 12.7 Å². The Bertz CT molecular complexity index is 588. The molecule has 7 heteroatoms. The fourth-order valence-electron chi connectivity index (χ4n) is 2.08. The van der Waals surface area contributed by atoms with E-state index in [-0.39, 0.29) is 5.75 Å². The SMILES string of the molecule is N#Cc1ccc(CNCCS(=O)(=O)N2CCSCC2)cc1. The van der Waals surface area contributed by atoms with Crippen molar-refractivity contribution in [2.24, 2.45) is 0 Å². The lowest BCUT2D eigenvalue weighted by molar-refractivity contribution is 0.442.